The Morgan fingerprint density at radius 1 is 1.33 bits per heavy atom. The van der Waals surface area contributed by atoms with E-state index in [9.17, 15) is 13.2 Å². The Kier molecular flexibility index (Phi) is 5.55. The maximum atomic E-state index is 12.1. The molecule has 18 heavy (non-hydrogen) atoms. The summed E-state index contributed by atoms with van der Waals surface area (Å²) in [7, 11) is -3.69. The van der Waals surface area contributed by atoms with E-state index in [0.717, 1.165) is 12.8 Å². The predicted molar refractivity (Wildman–Crippen MR) is 68.4 cm³/mol. The zero-order chi connectivity index (χ0) is 13.8. The van der Waals surface area contributed by atoms with Crippen molar-refractivity contribution >= 4 is 16.2 Å². The van der Waals surface area contributed by atoms with Crippen molar-refractivity contribution in [2.45, 2.75) is 45.6 Å². The van der Waals surface area contributed by atoms with Crippen molar-refractivity contribution in [3.63, 3.8) is 0 Å². The van der Waals surface area contributed by atoms with Crippen molar-refractivity contribution in [1.82, 2.24) is 9.03 Å². The molecule has 0 aromatic carbocycles. The van der Waals surface area contributed by atoms with Crippen LogP contribution in [0.15, 0.2) is 0 Å². The molecule has 1 aliphatic rings. The average molecular weight is 278 g/mol. The molecule has 0 aliphatic heterocycles. The van der Waals surface area contributed by atoms with Crippen LogP contribution in [0.5, 0.6) is 0 Å². The van der Waals surface area contributed by atoms with E-state index in [0.29, 0.717) is 25.9 Å². The van der Waals surface area contributed by atoms with Gasteiger partial charge in [-0.05, 0) is 31.6 Å². The summed E-state index contributed by atoms with van der Waals surface area (Å²) in [5, 5.41) is 9.04. The molecule has 2 N–H and O–H groups in total. The molecule has 0 aromatic heterocycles. The minimum absolute atomic E-state index is 0.0534. The summed E-state index contributed by atoms with van der Waals surface area (Å²) in [6, 6.07) is -0.980. The van der Waals surface area contributed by atoms with Gasteiger partial charge in [0.15, 0.2) is 0 Å². The van der Waals surface area contributed by atoms with Crippen LogP contribution in [0.4, 0.5) is 0 Å². The van der Waals surface area contributed by atoms with Crippen LogP contribution < -0.4 is 4.72 Å². The van der Waals surface area contributed by atoms with E-state index in [1.165, 1.54) is 4.31 Å². The molecule has 0 heterocycles. The molecule has 0 saturated heterocycles. The number of nitrogens with one attached hydrogen (secondary N) is 1. The molecule has 106 valence electrons. The van der Waals surface area contributed by atoms with Crippen LogP contribution in [0, 0.1) is 5.92 Å². The van der Waals surface area contributed by atoms with E-state index in [4.69, 9.17) is 5.11 Å². The number of carbonyl (C=O) groups is 1. The van der Waals surface area contributed by atoms with Crippen LogP contribution in [0.1, 0.15) is 39.5 Å². The minimum atomic E-state index is -3.69. The van der Waals surface area contributed by atoms with E-state index < -0.39 is 22.2 Å². The number of carboxylic acid groups (broad SMARTS) is 1. The summed E-state index contributed by atoms with van der Waals surface area (Å²) in [6.45, 7) is 4.63. The molecule has 0 bridgehead atoms. The van der Waals surface area contributed by atoms with Gasteiger partial charge < -0.3 is 5.11 Å². The molecular weight excluding hydrogens is 256 g/mol. The lowest BCUT2D eigenvalue weighted by Crippen LogP contribution is -2.49. The van der Waals surface area contributed by atoms with Gasteiger partial charge in [0.05, 0.1) is 0 Å². The van der Waals surface area contributed by atoms with Crippen molar-refractivity contribution in [2.24, 2.45) is 5.92 Å². The van der Waals surface area contributed by atoms with Crippen molar-refractivity contribution in [3.05, 3.63) is 0 Å². The van der Waals surface area contributed by atoms with E-state index in [2.05, 4.69) is 4.72 Å². The molecule has 0 aromatic rings. The van der Waals surface area contributed by atoms with Crippen LogP contribution >= 0.6 is 0 Å². The van der Waals surface area contributed by atoms with Crippen molar-refractivity contribution in [1.29, 1.82) is 0 Å². The summed E-state index contributed by atoms with van der Waals surface area (Å²) < 4.78 is 27.9. The Labute approximate surface area is 109 Å². The zero-order valence-electron chi connectivity index (χ0n) is 10.9. The van der Waals surface area contributed by atoms with Crippen molar-refractivity contribution in [3.8, 4) is 0 Å². The second-order valence-corrected chi connectivity index (χ2v) is 6.38. The number of carboxylic acids is 1. The van der Waals surface area contributed by atoms with E-state index in [1.54, 1.807) is 0 Å². The molecule has 1 fully saturated rings. The van der Waals surface area contributed by atoms with Gasteiger partial charge in [-0.3, -0.25) is 4.79 Å². The molecule has 1 aliphatic carbocycles. The quantitative estimate of drug-likeness (QED) is 0.653. The topological polar surface area (TPSA) is 86.7 Å². The number of hydrogen-bond donors (Lipinski definition) is 2. The lowest BCUT2D eigenvalue weighted by atomic mass is 10.2. The Hall–Kier alpha value is -0.660. The molecule has 1 saturated carbocycles. The smallest absolute Gasteiger partial charge is 0.322 e. The number of nitrogens with zero attached hydrogens (tertiary/aromatic N) is 1. The van der Waals surface area contributed by atoms with Crippen molar-refractivity contribution < 1.29 is 18.3 Å². The van der Waals surface area contributed by atoms with E-state index in [1.807, 2.05) is 13.8 Å². The Balaban J connectivity index is 2.73. The van der Waals surface area contributed by atoms with E-state index >= 15 is 0 Å². The molecule has 1 rings (SSSR count). The maximum Gasteiger partial charge on any atom is 0.322 e. The normalized spacial score (nSPS) is 17.9. The summed E-state index contributed by atoms with van der Waals surface area (Å²) >= 11 is 0. The standard InChI is InChI=1S/C11H22N2O4S/c1-3-7-13(8-4-2)18(16,17)12-10(11(14)15)9-5-6-9/h9-10,12H,3-8H2,1-2H3,(H,14,15). The second-order valence-electron chi connectivity index (χ2n) is 4.68. The Morgan fingerprint density at radius 3 is 2.17 bits per heavy atom. The third kappa shape index (κ3) is 4.22. The fourth-order valence-corrected chi connectivity index (χ4v) is 3.47. The van der Waals surface area contributed by atoms with Gasteiger partial charge in [0.25, 0.3) is 10.2 Å². The molecule has 1 unspecified atom stereocenters. The first-order valence-electron chi connectivity index (χ1n) is 6.42. The Bertz CT molecular complexity index is 373. The third-order valence-corrected chi connectivity index (χ3v) is 4.52. The zero-order valence-corrected chi connectivity index (χ0v) is 11.7. The second kappa shape index (κ2) is 6.49. The summed E-state index contributed by atoms with van der Waals surface area (Å²) in [5.74, 6) is -1.14. The van der Waals surface area contributed by atoms with Crippen LogP contribution in [0.25, 0.3) is 0 Å². The lowest BCUT2D eigenvalue weighted by molar-refractivity contribution is -0.139. The lowest BCUT2D eigenvalue weighted by Gasteiger charge is -2.23. The maximum absolute atomic E-state index is 12.1. The first-order chi connectivity index (χ1) is 8.42. The third-order valence-electron chi connectivity index (χ3n) is 2.92. The summed E-state index contributed by atoms with van der Waals surface area (Å²) in [5.41, 5.74) is 0. The Morgan fingerprint density at radius 2 is 1.83 bits per heavy atom. The fraction of sp³-hybridized carbons (Fsp3) is 0.909. The van der Waals surface area contributed by atoms with Gasteiger partial charge in [-0.1, -0.05) is 13.8 Å². The van der Waals surface area contributed by atoms with Gasteiger partial charge in [0, 0.05) is 13.1 Å². The number of rotatable bonds is 9. The van der Waals surface area contributed by atoms with Crippen LogP contribution in [0.3, 0.4) is 0 Å². The highest BCUT2D eigenvalue weighted by atomic mass is 32.2. The van der Waals surface area contributed by atoms with Crippen LogP contribution in [-0.2, 0) is 15.0 Å². The molecule has 1 atom stereocenters. The highest BCUT2D eigenvalue weighted by Crippen LogP contribution is 2.33. The first kappa shape index (κ1) is 15.4. The largest absolute Gasteiger partial charge is 0.480 e. The number of aliphatic carboxylic acids is 1. The highest BCUT2D eigenvalue weighted by Gasteiger charge is 2.39. The molecule has 7 heteroatoms. The number of hydrogen-bond acceptors (Lipinski definition) is 3. The summed E-state index contributed by atoms with van der Waals surface area (Å²) in [4.78, 5) is 11.1. The van der Waals surface area contributed by atoms with Gasteiger partial charge in [-0.2, -0.15) is 17.4 Å². The average Bonchev–Trinajstić information content (AvgIpc) is 3.09. The van der Waals surface area contributed by atoms with Crippen molar-refractivity contribution in [2.75, 3.05) is 13.1 Å². The summed E-state index contributed by atoms with van der Waals surface area (Å²) in [6.07, 6.45) is 2.98. The first-order valence-corrected chi connectivity index (χ1v) is 7.86. The fourth-order valence-electron chi connectivity index (χ4n) is 1.86. The minimum Gasteiger partial charge on any atom is -0.480 e. The molecule has 6 nitrogen and oxygen atoms in total. The van der Waals surface area contributed by atoms with Gasteiger partial charge in [0.2, 0.25) is 0 Å². The molecule has 0 spiro atoms. The molecular formula is C11H22N2O4S. The monoisotopic (exact) mass is 278 g/mol. The molecule has 0 radical (unpaired) electrons. The van der Waals surface area contributed by atoms with Crippen LogP contribution in [0.2, 0.25) is 0 Å². The van der Waals surface area contributed by atoms with Gasteiger partial charge in [-0.25, -0.2) is 0 Å². The van der Waals surface area contributed by atoms with Gasteiger partial charge >= 0.3 is 5.97 Å². The molecule has 0 amide bonds. The highest BCUT2D eigenvalue weighted by molar-refractivity contribution is 7.87. The van der Waals surface area contributed by atoms with Gasteiger partial charge in [-0.15, -0.1) is 0 Å². The van der Waals surface area contributed by atoms with Crippen LogP contribution in [-0.4, -0.2) is 42.9 Å². The van der Waals surface area contributed by atoms with Gasteiger partial charge in [0.1, 0.15) is 6.04 Å². The predicted octanol–water partition coefficient (Wildman–Crippen LogP) is 0.806. The SMILES string of the molecule is CCCN(CCC)S(=O)(=O)NC(C(=O)O)C1CC1. The van der Waals surface area contributed by atoms with E-state index in [-0.39, 0.29) is 5.92 Å².